The highest BCUT2D eigenvalue weighted by molar-refractivity contribution is 7.26. The quantitative estimate of drug-likeness (QED) is 0.175. The van der Waals surface area contributed by atoms with Crippen LogP contribution in [0.2, 0.25) is 0 Å². The largest absolute Gasteiger partial charge is 0.309 e. The van der Waals surface area contributed by atoms with Gasteiger partial charge in [0, 0.05) is 58.5 Å². The van der Waals surface area contributed by atoms with Gasteiger partial charge in [0.15, 0.2) is 0 Å². The molecule has 0 aliphatic rings. The van der Waals surface area contributed by atoms with Gasteiger partial charge in [0.1, 0.15) is 0 Å². The van der Waals surface area contributed by atoms with Crippen molar-refractivity contribution in [3.63, 3.8) is 0 Å². The summed E-state index contributed by atoms with van der Waals surface area (Å²) in [6.07, 6.45) is 0. The number of nitrogens with zero attached hydrogens (tertiary/aromatic N) is 2. The van der Waals surface area contributed by atoms with Crippen molar-refractivity contribution in [1.29, 1.82) is 0 Å². The van der Waals surface area contributed by atoms with Crippen LogP contribution < -0.4 is 0 Å². The van der Waals surface area contributed by atoms with E-state index < -0.39 is 0 Å². The fourth-order valence-electron chi connectivity index (χ4n) is 8.94. The Morgan fingerprint density at radius 1 is 0.340 bits per heavy atom. The molecule has 12 rings (SSSR count). The van der Waals surface area contributed by atoms with Gasteiger partial charge >= 0.3 is 0 Å². The summed E-state index contributed by atoms with van der Waals surface area (Å²) in [5, 5.41) is 12.9. The van der Waals surface area contributed by atoms with Gasteiger partial charge in [0.25, 0.3) is 0 Å². The van der Waals surface area contributed by atoms with Crippen LogP contribution in [-0.4, -0.2) is 9.13 Å². The van der Waals surface area contributed by atoms with Crippen molar-refractivity contribution in [2.75, 3.05) is 0 Å². The minimum Gasteiger partial charge on any atom is -0.309 e. The van der Waals surface area contributed by atoms with E-state index in [1.165, 1.54) is 108 Å². The van der Waals surface area contributed by atoms with Crippen LogP contribution >= 0.6 is 11.3 Å². The zero-order valence-corrected chi connectivity index (χ0v) is 29.4. The molecule has 0 spiro atoms. The Balaban J connectivity index is 1.12. The molecule has 0 saturated carbocycles. The topological polar surface area (TPSA) is 9.86 Å². The van der Waals surface area contributed by atoms with Crippen molar-refractivity contribution in [3.05, 3.63) is 182 Å². The molecule has 9 aromatic carbocycles. The predicted octanol–water partition coefficient (Wildman–Crippen LogP) is 14.2. The summed E-state index contributed by atoms with van der Waals surface area (Å²) in [4.78, 5) is 0. The summed E-state index contributed by atoms with van der Waals surface area (Å²) in [6.45, 7) is 0. The molecule has 2 nitrogen and oxygen atoms in total. The van der Waals surface area contributed by atoms with E-state index in [2.05, 4.69) is 191 Å². The van der Waals surface area contributed by atoms with Gasteiger partial charge in [-0.25, -0.2) is 0 Å². The summed E-state index contributed by atoms with van der Waals surface area (Å²) in [5.41, 5.74) is 9.78. The molecule has 0 N–H and O–H groups in total. The highest BCUT2D eigenvalue weighted by Gasteiger charge is 2.20. The number of fused-ring (bicyclic) bond motifs is 14. The molecule has 53 heavy (non-hydrogen) atoms. The smallest absolute Gasteiger partial charge is 0.0633 e. The van der Waals surface area contributed by atoms with E-state index in [1.54, 1.807) is 0 Å². The van der Waals surface area contributed by atoms with E-state index in [0.717, 1.165) is 0 Å². The standard InChI is InChI=1S/C50H30N2S/c1-3-12-35(13-4-1)51-44-26-22-33(30-42(44)48-37-16-8-7-11-31(37)21-27-45(48)51)34-23-28-46-41(29-34)40-25-20-32-19-24-39-38-17-9-10-18-43(38)52(36-14-5-2-6-15-36)49(39)47(32)50(40)53-46/h1-30H. The lowest BCUT2D eigenvalue weighted by atomic mass is 9.98. The molecule has 0 bridgehead atoms. The minimum atomic E-state index is 1.18. The van der Waals surface area contributed by atoms with E-state index in [0.29, 0.717) is 0 Å². The SMILES string of the molecule is c1ccc(-n2c3ccc(-c4ccc5sc6c(ccc7ccc8c9ccccc9n(-c9ccccc9)c8c76)c5c4)cc3c3c4ccccc4ccc32)cc1. The second kappa shape index (κ2) is 10.9. The van der Waals surface area contributed by atoms with Crippen molar-refractivity contribution < 1.29 is 0 Å². The molecule has 0 saturated heterocycles. The Morgan fingerprint density at radius 2 is 0.943 bits per heavy atom. The fraction of sp³-hybridized carbons (Fsp3) is 0. The van der Waals surface area contributed by atoms with Crippen molar-refractivity contribution in [3.8, 4) is 22.5 Å². The molecule has 3 heterocycles. The number of para-hydroxylation sites is 3. The van der Waals surface area contributed by atoms with Crippen LogP contribution in [-0.2, 0) is 0 Å². The molecule has 0 aliphatic carbocycles. The van der Waals surface area contributed by atoms with E-state index in [1.807, 2.05) is 11.3 Å². The first-order valence-corrected chi connectivity index (χ1v) is 19.0. The highest BCUT2D eigenvalue weighted by Crippen LogP contribution is 2.45. The maximum absolute atomic E-state index is 2.47. The van der Waals surface area contributed by atoms with E-state index in [9.17, 15) is 0 Å². The van der Waals surface area contributed by atoms with E-state index in [-0.39, 0.29) is 0 Å². The molecule has 0 fully saturated rings. The van der Waals surface area contributed by atoms with Crippen LogP contribution in [0.1, 0.15) is 0 Å². The highest BCUT2D eigenvalue weighted by atomic mass is 32.1. The van der Waals surface area contributed by atoms with Crippen LogP contribution in [0.15, 0.2) is 182 Å². The van der Waals surface area contributed by atoms with Crippen molar-refractivity contribution >= 4 is 96.7 Å². The zero-order chi connectivity index (χ0) is 34.6. The monoisotopic (exact) mass is 690 g/mol. The third-order valence-electron chi connectivity index (χ3n) is 11.3. The Kier molecular flexibility index (Phi) is 5.96. The van der Waals surface area contributed by atoms with Crippen LogP contribution in [0.5, 0.6) is 0 Å². The third-order valence-corrected chi connectivity index (χ3v) is 12.5. The van der Waals surface area contributed by atoms with Gasteiger partial charge in [-0.2, -0.15) is 0 Å². The average molecular weight is 691 g/mol. The van der Waals surface area contributed by atoms with Crippen LogP contribution in [0, 0.1) is 0 Å². The van der Waals surface area contributed by atoms with Gasteiger partial charge in [-0.3, -0.25) is 0 Å². The Labute approximate surface area is 309 Å². The summed E-state index contributed by atoms with van der Waals surface area (Å²) in [6, 6.07) is 67.0. The van der Waals surface area contributed by atoms with Crippen molar-refractivity contribution in [1.82, 2.24) is 9.13 Å². The van der Waals surface area contributed by atoms with Gasteiger partial charge in [-0.05, 0) is 87.9 Å². The van der Waals surface area contributed by atoms with E-state index in [4.69, 9.17) is 0 Å². The summed E-state index contributed by atoms with van der Waals surface area (Å²) in [7, 11) is 0. The lowest BCUT2D eigenvalue weighted by Gasteiger charge is -2.10. The summed E-state index contributed by atoms with van der Waals surface area (Å²) < 4.78 is 7.53. The van der Waals surface area contributed by atoms with Crippen LogP contribution in [0.3, 0.4) is 0 Å². The second-order valence-electron chi connectivity index (χ2n) is 14.1. The van der Waals surface area contributed by atoms with Crippen LogP contribution in [0.4, 0.5) is 0 Å². The maximum Gasteiger partial charge on any atom is 0.0633 e. The third kappa shape index (κ3) is 4.08. The van der Waals surface area contributed by atoms with E-state index >= 15 is 0 Å². The molecule has 3 heteroatoms. The number of benzene rings is 9. The number of rotatable bonds is 3. The number of hydrogen-bond acceptors (Lipinski definition) is 1. The number of aromatic nitrogens is 2. The molecule has 0 aliphatic heterocycles. The number of thiophene rings is 1. The second-order valence-corrected chi connectivity index (χ2v) is 15.1. The molecule has 0 radical (unpaired) electrons. The van der Waals surface area contributed by atoms with Gasteiger partial charge < -0.3 is 9.13 Å². The first kappa shape index (κ1) is 29.0. The lowest BCUT2D eigenvalue weighted by molar-refractivity contribution is 1.18. The molecule has 3 aromatic heterocycles. The molecular weight excluding hydrogens is 661 g/mol. The van der Waals surface area contributed by atoms with Gasteiger partial charge in [0.2, 0.25) is 0 Å². The Morgan fingerprint density at radius 3 is 1.75 bits per heavy atom. The predicted molar refractivity (Wildman–Crippen MR) is 228 cm³/mol. The molecule has 0 amide bonds. The lowest BCUT2D eigenvalue weighted by Crippen LogP contribution is -1.93. The molecule has 0 atom stereocenters. The normalized spacial score (nSPS) is 12.2. The molecular formula is C50H30N2S. The minimum absolute atomic E-state index is 1.18. The average Bonchev–Trinajstić information content (AvgIpc) is 3.88. The van der Waals surface area contributed by atoms with Gasteiger partial charge in [0.05, 0.1) is 22.1 Å². The van der Waals surface area contributed by atoms with Crippen molar-refractivity contribution in [2.45, 2.75) is 0 Å². The zero-order valence-electron chi connectivity index (χ0n) is 28.6. The first-order chi connectivity index (χ1) is 26.3. The summed E-state index contributed by atoms with van der Waals surface area (Å²) >= 11 is 1.91. The maximum atomic E-state index is 2.47. The summed E-state index contributed by atoms with van der Waals surface area (Å²) in [5.74, 6) is 0. The van der Waals surface area contributed by atoms with Gasteiger partial charge in [-0.1, -0.05) is 121 Å². The Bertz CT molecular complexity index is 3440. The molecule has 246 valence electrons. The van der Waals surface area contributed by atoms with Crippen LogP contribution in [0.25, 0.3) is 108 Å². The Hall–Kier alpha value is -6.68. The number of hydrogen-bond donors (Lipinski definition) is 0. The molecule has 12 aromatic rings. The first-order valence-electron chi connectivity index (χ1n) is 18.2. The molecule has 0 unspecified atom stereocenters. The van der Waals surface area contributed by atoms with Crippen molar-refractivity contribution in [2.24, 2.45) is 0 Å². The van der Waals surface area contributed by atoms with Gasteiger partial charge in [-0.15, -0.1) is 11.3 Å². The fourth-order valence-corrected chi connectivity index (χ4v) is 10.2.